The van der Waals surface area contributed by atoms with Gasteiger partial charge in [-0.05, 0) is 6.42 Å². The summed E-state index contributed by atoms with van der Waals surface area (Å²) in [4.78, 5) is 11.1. The minimum Gasteiger partial charge on any atom is -0.394 e. The topological polar surface area (TPSA) is 85.0 Å². The number of nitrogens with two attached hydrogens (primary N) is 1. The van der Waals surface area contributed by atoms with Gasteiger partial charge >= 0.3 is 0 Å². The largest absolute Gasteiger partial charge is 0.394 e. The number of carbonyl (C=O) groups excluding carboxylic acids is 1. The SMILES string of the molecule is CCc1nn(C)c(NC2CNC(=O)C2)c1N. The Labute approximate surface area is 94.2 Å². The lowest BCUT2D eigenvalue weighted by Gasteiger charge is -2.12. The van der Waals surface area contributed by atoms with Crippen molar-refractivity contribution in [3.8, 4) is 0 Å². The molecule has 0 aromatic carbocycles. The highest BCUT2D eigenvalue weighted by molar-refractivity contribution is 5.80. The van der Waals surface area contributed by atoms with Crippen LogP contribution in [0.4, 0.5) is 11.5 Å². The Morgan fingerprint density at radius 1 is 1.69 bits per heavy atom. The molecule has 4 N–H and O–H groups in total. The number of carbonyl (C=O) groups is 1. The molecule has 16 heavy (non-hydrogen) atoms. The van der Waals surface area contributed by atoms with E-state index < -0.39 is 0 Å². The summed E-state index contributed by atoms with van der Waals surface area (Å²) in [5.74, 6) is 0.882. The molecular formula is C10H17N5O. The molecule has 0 spiro atoms. The predicted molar refractivity (Wildman–Crippen MR) is 62.0 cm³/mol. The number of hydrogen-bond acceptors (Lipinski definition) is 4. The van der Waals surface area contributed by atoms with Crippen molar-refractivity contribution >= 4 is 17.4 Å². The number of aryl methyl sites for hydroxylation is 2. The first-order valence-corrected chi connectivity index (χ1v) is 5.46. The monoisotopic (exact) mass is 223 g/mol. The molecule has 1 aliphatic rings. The third-order valence-electron chi connectivity index (χ3n) is 2.81. The van der Waals surface area contributed by atoms with Gasteiger partial charge in [0, 0.05) is 20.0 Å². The lowest BCUT2D eigenvalue weighted by molar-refractivity contribution is -0.119. The molecule has 0 saturated carbocycles. The Kier molecular flexibility index (Phi) is 2.72. The van der Waals surface area contributed by atoms with Crippen molar-refractivity contribution in [2.75, 3.05) is 17.6 Å². The van der Waals surface area contributed by atoms with E-state index in [0.29, 0.717) is 18.7 Å². The van der Waals surface area contributed by atoms with Crippen LogP contribution in [0, 0.1) is 0 Å². The fourth-order valence-electron chi connectivity index (χ4n) is 1.93. The molecule has 1 aromatic heterocycles. The quantitative estimate of drug-likeness (QED) is 0.666. The summed E-state index contributed by atoms with van der Waals surface area (Å²) in [6.45, 7) is 2.66. The zero-order chi connectivity index (χ0) is 11.7. The average molecular weight is 223 g/mol. The summed E-state index contributed by atoms with van der Waals surface area (Å²) in [5.41, 5.74) is 7.55. The van der Waals surface area contributed by atoms with E-state index in [1.165, 1.54) is 0 Å². The van der Waals surface area contributed by atoms with Crippen LogP contribution in [0.25, 0.3) is 0 Å². The highest BCUT2D eigenvalue weighted by Gasteiger charge is 2.23. The summed E-state index contributed by atoms with van der Waals surface area (Å²) < 4.78 is 1.73. The molecule has 0 aliphatic carbocycles. The summed E-state index contributed by atoms with van der Waals surface area (Å²) in [6.07, 6.45) is 1.30. The number of nitrogens with one attached hydrogen (secondary N) is 2. The number of rotatable bonds is 3. The Morgan fingerprint density at radius 3 is 2.94 bits per heavy atom. The van der Waals surface area contributed by atoms with Crippen molar-refractivity contribution in [3.63, 3.8) is 0 Å². The van der Waals surface area contributed by atoms with Gasteiger partial charge in [-0.15, -0.1) is 0 Å². The smallest absolute Gasteiger partial charge is 0.222 e. The molecule has 1 amide bonds. The maximum atomic E-state index is 11.1. The van der Waals surface area contributed by atoms with Gasteiger partial charge in [0.05, 0.1) is 17.4 Å². The van der Waals surface area contributed by atoms with E-state index in [0.717, 1.165) is 17.9 Å². The molecular weight excluding hydrogens is 206 g/mol. The second-order valence-corrected chi connectivity index (χ2v) is 4.04. The molecule has 6 heteroatoms. The van der Waals surface area contributed by atoms with Crippen molar-refractivity contribution in [3.05, 3.63) is 5.69 Å². The lowest BCUT2D eigenvalue weighted by Crippen LogP contribution is -2.24. The van der Waals surface area contributed by atoms with E-state index in [9.17, 15) is 4.79 Å². The van der Waals surface area contributed by atoms with E-state index in [-0.39, 0.29) is 11.9 Å². The van der Waals surface area contributed by atoms with Crippen LogP contribution in [0.3, 0.4) is 0 Å². The third kappa shape index (κ3) is 1.82. The Balaban J connectivity index is 2.15. The van der Waals surface area contributed by atoms with E-state index >= 15 is 0 Å². The summed E-state index contributed by atoms with van der Waals surface area (Å²) in [5, 5.41) is 10.3. The van der Waals surface area contributed by atoms with Gasteiger partial charge in [-0.1, -0.05) is 6.92 Å². The number of anilines is 2. The average Bonchev–Trinajstić information content (AvgIpc) is 2.77. The highest BCUT2D eigenvalue weighted by Crippen LogP contribution is 2.23. The van der Waals surface area contributed by atoms with Crippen molar-refractivity contribution in [1.82, 2.24) is 15.1 Å². The molecule has 2 heterocycles. The van der Waals surface area contributed by atoms with Crippen LogP contribution in [0.5, 0.6) is 0 Å². The standard InChI is InChI=1S/C10H17N5O/c1-3-7-9(11)10(15(2)14-7)13-6-4-8(16)12-5-6/h6,13H,3-5,11H2,1-2H3,(H,12,16). The first kappa shape index (κ1) is 10.8. The van der Waals surface area contributed by atoms with Crippen molar-refractivity contribution in [1.29, 1.82) is 0 Å². The number of hydrogen-bond donors (Lipinski definition) is 3. The zero-order valence-corrected chi connectivity index (χ0v) is 9.58. The van der Waals surface area contributed by atoms with Crippen molar-refractivity contribution < 1.29 is 4.79 Å². The van der Waals surface area contributed by atoms with E-state index in [1.807, 2.05) is 14.0 Å². The van der Waals surface area contributed by atoms with Crippen LogP contribution < -0.4 is 16.4 Å². The molecule has 2 rings (SSSR count). The first-order chi connectivity index (χ1) is 7.61. The Morgan fingerprint density at radius 2 is 2.44 bits per heavy atom. The number of nitrogens with zero attached hydrogens (tertiary/aromatic N) is 2. The predicted octanol–water partition coefficient (Wildman–Crippen LogP) is -0.135. The van der Waals surface area contributed by atoms with E-state index in [4.69, 9.17) is 5.73 Å². The van der Waals surface area contributed by atoms with Crippen LogP contribution in [0.2, 0.25) is 0 Å². The van der Waals surface area contributed by atoms with Crippen LogP contribution in [0.15, 0.2) is 0 Å². The normalized spacial score (nSPS) is 19.9. The fraction of sp³-hybridized carbons (Fsp3) is 0.600. The Hall–Kier alpha value is -1.72. The number of nitrogen functional groups attached to an aromatic ring is 1. The number of amides is 1. The van der Waals surface area contributed by atoms with E-state index in [1.54, 1.807) is 4.68 Å². The van der Waals surface area contributed by atoms with Gasteiger partial charge in [0.15, 0.2) is 0 Å². The third-order valence-corrected chi connectivity index (χ3v) is 2.81. The molecule has 1 atom stereocenters. The van der Waals surface area contributed by atoms with Gasteiger partial charge < -0.3 is 16.4 Å². The minimum atomic E-state index is 0.0777. The molecule has 1 unspecified atom stereocenters. The molecule has 0 radical (unpaired) electrons. The van der Waals surface area contributed by atoms with Gasteiger partial charge in [0.1, 0.15) is 5.82 Å². The first-order valence-electron chi connectivity index (χ1n) is 5.46. The molecule has 1 saturated heterocycles. The fourth-order valence-corrected chi connectivity index (χ4v) is 1.93. The second-order valence-electron chi connectivity index (χ2n) is 4.04. The molecule has 0 bridgehead atoms. The van der Waals surface area contributed by atoms with Gasteiger partial charge in [-0.25, -0.2) is 0 Å². The Bertz CT molecular complexity index is 412. The molecule has 88 valence electrons. The summed E-state index contributed by atoms with van der Waals surface area (Å²) >= 11 is 0. The van der Waals surface area contributed by atoms with Crippen molar-refractivity contribution in [2.45, 2.75) is 25.8 Å². The summed E-state index contributed by atoms with van der Waals surface area (Å²) in [7, 11) is 1.85. The maximum Gasteiger partial charge on any atom is 0.222 e. The maximum absolute atomic E-state index is 11.1. The lowest BCUT2D eigenvalue weighted by atomic mass is 10.2. The van der Waals surface area contributed by atoms with E-state index in [2.05, 4.69) is 15.7 Å². The van der Waals surface area contributed by atoms with Crippen LogP contribution in [0.1, 0.15) is 19.0 Å². The highest BCUT2D eigenvalue weighted by atomic mass is 16.1. The molecule has 1 fully saturated rings. The molecule has 1 aromatic rings. The van der Waals surface area contributed by atoms with Crippen molar-refractivity contribution in [2.24, 2.45) is 7.05 Å². The molecule has 1 aliphatic heterocycles. The molecule has 6 nitrogen and oxygen atoms in total. The second kappa shape index (κ2) is 4.03. The van der Waals surface area contributed by atoms with Gasteiger partial charge in [0.25, 0.3) is 0 Å². The van der Waals surface area contributed by atoms with Gasteiger partial charge in [-0.2, -0.15) is 5.10 Å². The summed E-state index contributed by atoms with van der Waals surface area (Å²) in [6, 6.07) is 0.106. The van der Waals surface area contributed by atoms with Crippen LogP contribution >= 0.6 is 0 Å². The number of aromatic nitrogens is 2. The minimum absolute atomic E-state index is 0.0777. The van der Waals surface area contributed by atoms with Crippen LogP contribution in [-0.4, -0.2) is 28.3 Å². The van der Waals surface area contributed by atoms with Gasteiger partial charge in [0.2, 0.25) is 5.91 Å². The van der Waals surface area contributed by atoms with Gasteiger partial charge in [-0.3, -0.25) is 9.48 Å². The van der Waals surface area contributed by atoms with Crippen LogP contribution in [-0.2, 0) is 18.3 Å². The zero-order valence-electron chi connectivity index (χ0n) is 9.58.